The first kappa shape index (κ1) is 18.2. The van der Waals surface area contributed by atoms with E-state index in [-0.39, 0.29) is 0 Å². The zero-order valence-electron chi connectivity index (χ0n) is 14.1. The summed E-state index contributed by atoms with van der Waals surface area (Å²) in [6, 6.07) is 12.5. The fourth-order valence-electron chi connectivity index (χ4n) is 2.10. The van der Waals surface area contributed by atoms with Crippen LogP contribution < -0.4 is 4.90 Å². The standard InChI is InChI=1S/C20H20FN3O/c1-24(13-2-3-14-25)20-11-8-17(9-12-20)7-10-19-6-4-5-18(21)15-22-16-23-19/h4-6,8-9,11-12,14-16H,2-3,13H2,1H3,(H,22,23). The second-order valence-corrected chi connectivity index (χ2v) is 5.40. The van der Waals surface area contributed by atoms with E-state index in [1.807, 2.05) is 31.3 Å². The lowest BCUT2D eigenvalue weighted by Gasteiger charge is -2.18. The first-order chi connectivity index (χ1) is 12.2. The third kappa shape index (κ3) is 6.48. The number of unbranched alkanes of at least 4 members (excludes halogenated alkanes) is 1. The molecule has 1 aromatic heterocycles. The van der Waals surface area contributed by atoms with Crippen LogP contribution in [0.1, 0.15) is 24.1 Å². The number of carbonyl (C=O) groups excluding carboxylic acids is 1. The van der Waals surface area contributed by atoms with Crippen molar-refractivity contribution in [3.8, 4) is 11.8 Å². The number of nitrogens with one attached hydrogen (secondary N) is 1. The van der Waals surface area contributed by atoms with Gasteiger partial charge in [0.15, 0.2) is 0 Å². The van der Waals surface area contributed by atoms with Crippen LogP contribution in [-0.2, 0) is 4.79 Å². The van der Waals surface area contributed by atoms with Crippen molar-refractivity contribution < 1.29 is 9.18 Å². The van der Waals surface area contributed by atoms with E-state index in [0.29, 0.717) is 12.1 Å². The highest BCUT2D eigenvalue weighted by Crippen LogP contribution is 2.14. The highest BCUT2D eigenvalue weighted by atomic mass is 19.1. The van der Waals surface area contributed by atoms with Crippen molar-refractivity contribution in [3.63, 3.8) is 0 Å². The van der Waals surface area contributed by atoms with Crippen molar-refractivity contribution in [1.82, 2.24) is 9.97 Å². The number of hydrogen-bond acceptors (Lipinski definition) is 3. The molecule has 5 heteroatoms. The third-order valence-corrected chi connectivity index (χ3v) is 3.48. The molecule has 0 spiro atoms. The van der Waals surface area contributed by atoms with Gasteiger partial charge in [-0.05, 0) is 48.7 Å². The average molecular weight is 337 g/mol. The molecule has 4 nitrogen and oxygen atoms in total. The number of rotatable bonds is 5. The second-order valence-electron chi connectivity index (χ2n) is 5.40. The molecule has 0 unspecified atom stereocenters. The molecule has 0 saturated heterocycles. The molecule has 0 bridgehead atoms. The van der Waals surface area contributed by atoms with E-state index < -0.39 is 5.82 Å². The van der Waals surface area contributed by atoms with Crippen LogP contribution >= 0.6 is 0 Å². The average Bonchev–Trinajstić information content (AvgIpc) is 2.72. The quantitative estimate of drug-likeness (QED) is 0.516. The summed E-state index contributed by atoms with van der Waals surface area (Å²) < 4.78 is 13.1. The van der Waals surface area contributed by atoms with E-state index in [9.17, 15) is 9.18 Å². The molecule has 1 N–H and O–H groups in total. The molecule has 0 fully saturated rings. The molecule has 1 aromatic carbocycles. The summed E-state index contributed by atoms with van der Waals surface area (Å²) in [5.41, 5.74) is 2.57. The lowest BCUT2D eigenvalue weighted by atomic mass is 10.2. The summed E-state index contributed by atoms with van der Waals surface area (Å²) in [5.74, 6) is 5.64. The van der Waals surface area contributed by atoms with Crippen molar-refractivity contribution in [2.24, 2.45) is 0 Å². The SMILES string of the molecule is CN(CCCC=O)c1ccc(C#Cc2cccc(F)cnc[nH]2)cc1. The summed E-state index contributed by atoms with van der Waals surface area (Å²) in [6.07, 6.45) is 4.87. The normalized spacial score (nSPS) is 9.52. The van der Waals surface area contributed by atoms with Gasteiger partial charge in [0.2, 0.25) is 0 Å². The van der Waals surface area contributed by atoms with Gasteiger partial charge in [0.05, 0.1) is 18.2 Å². The van der Waals surface area contributed by atoms with Crippen molar-refractivity contribution in [3.05, 3.63) is 72.1 Å². The van der Waals surface area contributed by atoms with Crippen LogP contribution in [0, 0.1) is 17.7 Å². The maximum absolute atomic E-state index is 13.1. The van der Waals surface area contributed by atoms with Gasteiger partial charge in [0, 0.05) is 31.3 Å². The highest BCUT2D eigenvalue weighted by molar-refractivity contribution is 5.52. The number of hydrogen-bond donors (Lipinski definition) is 1. The summed E-state index contributed by atoms with van der Waals surface area (Å²) in [4.78, 5) is 19.2. The van der Waals surface area contributed by atoms with E-state index in [4.69, 9.17) is 0 Å². The Morgan fingerprint density at radius 3 is 2.76 bits per heavy atom. The minimum absolute atomic E-state index is 0.420. The Morgan fingerprint density at radius 2 is 2.00 bits per heavy atom. The number of aromatic nitrogens is 2. The number of halogens is 1. The Balaban J connectivity index is 2.10. The van der Waals surface area contributed by atoms with Crippen LogP contribution in [0.5, 0.6) is 0 Å². The lowest BCUT2D eigenvalue weighted by molar-refractivity contribution is -0.107. The minimum Gasteiger partial charge on any atom is -0.375 e. The number of carbonyl (C=O) groups is 1. The lowest BCUT2D eigenvalue weighted by Crippen LogP contribution is -2.18. The van der Waals surface area contributed by atoms with E-state index in [1.165, 1.54) is 12.4 Å². The first-order valence-corrected chi connectivity index (χ1v) is 7.98. The molecule has 0 aliphatic carbocycles. The van der Waals surface area contributed by atoms with Crippen LogP contribution in [0.3, 0.4) is 0 Å². The van der Waals surface area contributed by atoms with E-state index in [0.717, 1.165) is 36.7 Å². The smallest absolute Gasteiger partial charge is 0.141 e. The van der Waals surface area contributed by atoms with E-state index in [1.54, 1.807) is 12.1 Å². The van der Waals surface area contributed by atoms with Gasteiger partial charge >= 0.3 is 0 Å². The monoisotopic (exact) mass is 337 g/mol. The van der Waals surface area contributed by atoms with Gasteiger partial charge in [-0.25, -0.2) is 9.37 Å². The maximum atomic E-state index is 13.1. The fraction of sp³-hybridized carbons (Fsp3) is 0.200. The Hall–Kier alpha value is -3.13. The van der Waals surface area contributed by atoms with Gasteiger partial charge in [-0.15, -0.1) is 0 Å². The molecule has 0 aliphatic heterocycles. The van der Waals surface area contributed by atoms with Gasteiger partial charge in [-0.2, -0.15) is 0 Å². The maximum Gasteiger partial charge on any atom is 0.141 e. The summed E-state index contributed by atoms with van der Waals surface area (Å²) in [6.45, 7) is 0.830. The zero-order chi connectivity index (χ0) is 17.9. The zero-order valence-corrected chi connectivity index (χ0v) is 14.1. The Bertz CT molecular complexity index is 801. The molecule has 1 heterocycles. The second kappa shape index (κ2) is 9.89. The molecule has 128 valence electrons. The van der Waals surface area contributed by atoms with Gasteiger partial charge in [-0.3, -0.25) is 0 Å². The van der Waals surface area contributed by atoms with Crippen LogP contribution in [0.25, 0.3) is 0 Å². The summed E-state index contributed by atoms with van der Waals surface area (Å²) in [5, 5.41) is 0. The van der Waals surface area contributed by atoms with Gasteiger partial charge in [-0.1, -0.05) is 12.0 Å². The largest absolute Gasteiger partial charge is 0.375 e. The topological polar surface area (TPSA) is 49.0 Å². The van der Waals surface area contributed by atoms with Crippen molar-refractivity contribution in [1.29, 1.82) is 0 Å². The summed E-state index contributed by atoms with van der Waals surface area (Å²) in [7, 11) is 2.00. The third-order valence-electron chi connectivity index (χ3n) is 3.48. The van der Waals surface area contributed by atoms with E-state index >= 15 is 0 Å². The minimum atomic E-state index is -0.420. The number of aldehydes is 1. The molecule has 0 atom stereocenters. The highest BCUT2D eigenvalue weighted by Gasteiger charge is 1.99. The molecule has 2 rings (SSSR count). The van der Waals surface area contributed by atoms with Crippen LogP contribution in [-0.4, -0.2) is 29.8 Å². The fourth-order valence-corrected chi connectivity index (χ4v) is 2.10. The Labute approximate surface area is 147 Å². The number of anilines is 1. The molecule has 0 amide bonds. The Morgan fingerprint density at radius 1 is 1.20 bits per heavy atom. The van der Waals surface area contributed by atoms with Crippen LogP contribution in [0.15, 0.2) is 55.0 Å². The van der Waals surface area contributed by atoms with Gasteiger partial charge in [0.1, 0.15) is 12.1 Å². The van der Waals surface area contributed by atoms with Gasteiger partial charge < -0.3 is 14.7 Å². The molecule has 25 heavy (non-hydrogen) atoms. The molecule has 2 aromatic rings. The van der Waals surface area contributed by atoms with Gasteiger partial charge in [0.25, 0.3) is 0 Å². The number of aromatic amines is 1. The molecule has 0 saturated carbocycles. The molecular weight excluding hydrogens is 317 g/mol. The molecule has 0 aliphatic rings. The molecule has 0 radical (unpaired) electrons. The summed E-state index contributed by atoms with van der Waals surface area (Å²) >= 11 is 0. The number of benzene rings is 1. The Kier molecular flexibility index (Phi) is 7.20. The van der Waals surface area contributed by atoms with Crippen LogP contribution in [0.2, 0.25) is 0 Å². The van der Waals surface area contributed by atoms with E-state index in [2.05, 4.69) is 26.7 Å². The predicted molar refractivity (Wildman–Crippen MR) is 97.2 cm³/mol. The van der Waals surface area contributed by atoms with Crippen LogP contribution in [0.4, 0.5) is 10.1 Å². The van der Waals surface area contributed by atoms with Crippen molar-refractivity contribution in [2.45, 2.75) is 12.8 Å². The first-order valence-electron chi connectivity index (χ1n) is 7.98. The predicted octanol–water partition coefficient (Wildman–Crippen LogP) is 3.49. The van der Waals surface area contributed by atoms with Crippen molar-refractivity contribution >= 4 is 12.0 Å². The molecular formula is C20H20FN3O. The number of nitrogens with zero attached hydrogens (tertiary/aromatic N) is 2. The number of H-pyrrole nitrogens is 1. The van der Waals surface area contributed by atoms with Crippen molar-refractivity contribution in [2.75, 3.05) is 18.5 Å².